The number of hydrogen-bond donors (Lipinski definition) is 0. The highest BCUT2D eigenvalue weighted by atomic mass is 32.1. The smallest absolute Gasteiger partial charge is 0.159 e. The highest BCUT2D eigenvalue weighted by Crippen LogP contribution is 2.49. The van der Waals surface area contributed by atoms with Crippen molar-refractivity contribution in [1.82, 2.24) is 14.5 Å². The highest BCUT2D eigenvalue weighted by molar-refractivity contribution is 7.26. The van der Waals surface area contributed by atoms with Crippen LogP contribution in [-0.4, -0.2) is 14.5 Å². The molecule has 240 valence electrons. The van der Waals surface area contributed by atoms with Crippen molar-refractivity contribution in [1.29, 1.82) is 0 Å². The first-order valence-electron chi connectivity index (χ1n) is 17.7. The Morgan fingerprint density at radius 3 is 1.77 bits per heavy atom. The molecule has 0 unspecified atom stereocenters. The third-order valence-corrected chi connectivity index (χ3v) is 12.1. The molecule has 0 aliphatic rings. The van der Waals surface area contributed by atoms with Crippen LogP contribution in [0.15, 0.2) is 164 Å². The zero-order chi connectivity index (χ0) is 33.9. The van der Waals surface area contributed by atoms with E-state index < -0.39 is 0 Å². The molecule has 0 N–H and O–H groups in total. The lowest BCUT2D eigenvalue weighted by Crippen LogP contribution is -2.02. The number of thiophene rings is 1. The molecule has 0 fully saturated rings. The lowest BCUT2D eigenvalue weighted by atomic mass is 9.87. The Hall–Kier alpha value is -6.62. The van der Waals surface area contributed by atoms with Crippen LogP contribution >= 0.6 is 11.3 Å². The summed E-state index contributed by atoms with van der Waals surface area (Å²) < 4.78 is 5.05. The number of benzene rings is 9. The average Bonchev–Trinajstić information content (AvgIpc) is 3.76. The predicted molar refractivity (Wildman–Crippen MR) is 221 cm³/mol. The molecule has 0 aliphatic carbocycles. The van der Waals surface area contributed by atoms with E-state index in [4.69, 9.17) is 9.97 Å². The zero-order valence-electron chi connectivity index (χ0n) is 27.8. The molecular formula is C48H27N3S. The standard InChI is InChI=1S/C48H27N3S/c1-3-13-28(14-4-1)47-40(27-49-48(50-47)29-15-5-2-6-16-29)51-38-23-9-7-17-32(38)45-34-21-11-19-30-31-20-12-22-35-44(31)37(36(43(30)34)25-39(45)51)26-42-46(35)33-18-8-10-24-41(33)52-42/h1-27H. The second kappa shape index (κ2) is 10.5. The monoisotopic (exact) mass is 677 g/mol. The minimum absolute atomic E-state index is 0.713. The second-order valence-corrected chi connectivity index (χ2v) is 14.8. The van der Waals surface area contributed by atoms with Gasteiger partial charge in [-0.15, -0.1) is 11.3 Å². The number of fused-ring (bicyclic) bond motifs is 10. The Bertz CT molecular complexity index is 3390. The van der Waals surface area contributed by atoms with Gasteiger partial charge in [0.05, 0.1) is 28.6 Å². The number of para-hydroxylation sites is 1. The van der Waals surface area contributed by atoms with Gasteiger partial charge in [0.1, 0.15) is 0 Å². The minimum atomic E-state index is 0.713. The molecule has 0 aliphatic heterocycles. The van der Waals surface area contributed by atoms with Crippen LogP contribution in [0.5, 0.6) is 0 Å². The molecule has 52 heavy (non-hydrogen) atoms. The second-order valence-electron chi connectivity index (χ2n) is 13.7. The third kappa shape index (κ3) is 3.74. The summed E-state index contributed by atoms with van der Waals surface area (Å²) in [5.74, 6) is 0.713. The summed E-state index contributed by atoms with van der Waals surface area (Å²) in [6, 6.07) is 57.1. The van der Waals surface area contributed by atoms with Crippen molar-refractivity contribution in [2.24, 2.45) is 0 Å². The van der Waals surface area contributed by atoms with Gasteiger partial charge in [0.2, 0.25) is 0 Å². The zero-order valence-corrected chi connectivity index (χ0v) is 28.7. The quantitative estimate of drug-likeness (QED) is 0.138. The maximum Gasteiger partial charge on any atom is 0.159 e. The van der Waals surface area contributed by atoms with Crippen molar-refractivity contribution in [2.45, 2.75) is 0 Å². The van der Waals surface area contributed by atoms with Crippen LogP contribution in [0, 0.1) is 0 Å². The van der Waals surface area contributed by atoms with Crippen molar-refractivity contribution in [3.05, 3.63) is 164 Å². The van der Waals surface area contributed by atoms with E-state index in [1.54, 1.807) is 0 Å². The highest BCUT2D eigenvalue weighted by Gasteiger charge is 2.23. The fourth-order valence-electron chi connectivity index (χ4n) is 8.84. The lowest BCUT2D eigenvalue weighted by molar-refractivity contribution is 1.09. The topological polar surface area (TPSA) is 30.7 Å². The Morgan fingerprint density at radius 1 is 0.404 bits per heavy atom. The Kier molecular flexibility index (Phi) is 5.65. The van der Waals surface area contributed by atoms with Gasteiger partial charge >= 0.3 is 0 Å². The van der Waals surface area contributed by atoms with Crippen molar-refractivity contribution in [3.63, 3.8) is 0 Å². The summed E-state index contributed by atoms with van der Waals surface area (Å²) in [5.41, 5.74) is 6.20. The van der Waals surface area contributed by atoms with Crippen molar-refractivity contribution in [2.75, 3.05) is 0 Å². The van der Waals surface area contributed by atoms with Crippen LogP contribution in [-0.2, 0) is 0 Å². The molecule has 0 atom stereocenters. The molecule has 0 bridgehead atoms. The molecule has 0 saturated heterocycles. The molecule has 0 spiro atoms. The number of nitrogens with zero attached hydrogens (tertiary/aromatic N) is 3. The molecule has 3 aromatic heterocycles. The summed E-state index contributed by atoms with van der Waals surface area (Å²) in [6.45, 7) is 0. The molecule has 12 rings (SSSR count). The van der Waals surface area contributed by atoms with E-state index in [1.807, 2.05) is 35.7 Å². The van der Waals surface area contributed by atoms with Gasteiger partial charge in [-0.05, 0) is 67.4 Å². The van der Waals surface area contributed by atoms with Gasteiger partial charge in [0, 0.05) is 42.1 Å². The van der Waals surface area contributed by atoms with E-state index in [-0.39, 0.29) is 0 Å². The Balaban J connectivity index is 1.28. The molecule has 12 aromatic rings. The van der Waals surface area contributed by atoms with Crippen LogP contribution in [0.2, 0.25) is 0 Å². The van der Waals surface area contributed by atoms with E-state index in [9.17, 15) is 0 Å². The number of hydrogen-bond acceptors (Lipinski definition) is 3. The normalized spacial score (nSPS) is 12.2. The molecule has 0 amide bonds. The average molecular weight is 678 g/mol. The fourth-order valence-corrected chi connectivity index (χ4v) is 10.0. The molecule has 0 radical (unpaired) electrons. The van der Waals surface area contributed by atoms with Gasteiger partial charge in [0.25, 0.3) is 0 Å². The maximum atomic E-state index is 5.30. The molecule has 3 heterocycles. The number of aromatic nitrogens is 3. The summed E-state index contributed by atoms with van der Waals surface area (Å²) >= 11 is 1.89. The van der Waals surface area contributed by atoms with Crippen molar-refractivity contribution >= 4 is 96.4 Å². The lowest BCUT2D eigenvalue weighted by Gasteiger charge is -2.17. The van der Waals surface area contributed by atoms with Gasteiger partial charge in [-0.3, -0.25) is 0 Å². The van der Waals surface area contributed by atoms with Gasteiger partial charge in [-0.25, -0.2) is 9.97 Å². The third-order valence-electron chi connectivity index (χ3n) is 11.0. The first-order valence-corrected chi connectivity index (χ1v) is 18.5. The Labute approximate surface area is 302 Å². The van der Waals surface area contributed by atoms with Gasteiger partial charge < -0.3 is 4.57 Å². The summed E-state index contributed by atoms with van der Waals surface area (Å²) in [5, 5.41) is 15.6. The van der Waals surface area contributed by atoms with E-state index in [1.165, 1.54) is 74.0 Å². The van der Waals surface area contributed by atoms with E-state index in [0.29, 0.717) is 5.82 Å². The van der Waals surface area contributed by atoms with Gasteiger partial charge in [0.15, 0.2) is 5.82 Å². The largest absolute Gasteiger partial charge is 0.306 e. The van der Waals surface area contributed by atoms with Crippen LogP contribution in [0.25, 0.3) is 113 Å². The first-order chi connectivity index (χ1) is 25.8. The molecule has 3 nitrogen and oxygen atoms in total. The van der Waals surface area contributed by atoms with Gasteiger partial charge in [-0.1, -0.05) is 133 Å². The summed E-state index contributed by atoms with van der Waals surface area (Å²) in [4.78, 5) is 10.3. The molecule has 9 aromatic carbocycles. The number of rotatable bonds is 3. The summed E-state index contributed by atoms with van der Waals surface area (Å²) in [7, 11) is 0. The SMILES string of the molecule is c1ccc(-c2ncc(-n3c4ccccc4c4c5cccc6c7cccc8c9c(cc(c(cc43)c65)c78)sc3ccccc39)c(-c3ccccc3)n2)cc1. The van der Waals surface area contributed by atoms with Crippen LogP contribution in [0.4, 0.5) is 0 Å². The van der Waals surface area contributed by atoms with Crippen LogP contribution in [0.3, 0.4) is 0 Å². The van der Waals surface area contributed by atoms with E-state index >= 15 is 0 Å². The molecule has 0 saturated carbocycles. The summed E-state index contributed by atoms with van der Waals surface area (Å²) in [6.07, 6.45) is 2.02. The van der Waals surface area contributed by atoms with E-state index in [0.717, 1.165) is 33.5 Å². The van der Waals surface area contributed by atoms with Gasteiger partial charge in [-0.2, -0.15) is 0 Å². The van der Waals surface area contributed by atoms with Crippen molar-refractivity contribution < 1.29 is 0 Å². The molecule has 4 heteroatoms. The van der Waals surface area contributed by atoms with Crippen LogP contribution in [0.1, 0.15) is 0 Å². The minimum Gasteiger partial charge on any atom is -0.306 e. The van der Waals surface area contributed by atoms with E-state index in [2.05, 4.69) is 144 Å². The predicted octanol–water partition coefficient (Wildman–Crippen LogP) is 13.3. The first kappa shape index (κ1) is 28.1. The van der Waals surface area contributed by atoms with Crippen LogP contribution < -0.4 is 0 Å². The maximum absolute atomic E-state index is 5.30. The Morgan fingerprint density at radius 2 is 1.00 bits per heavy atom. The fraction of sp³-hybridized carbons (Fsp3) is 0. The molecular weight excluding hydrogens is 651 g/mol. The van der Waals surface area contributed by atoms with Crippen molar-refractivity contribution in [3.8, 4) is 28.3 Å².